The summed E-state index contributed by atoms with van der Waals surface area (Å²) >= 11 is 2.98. The van der Waals surface area contributed by atoms with Crippen molar-refractivity contribution in [3.05, 3.63) is 24.0 Å². The molecule has 0 aliphatic carbocycles. The van der Waals surface area contributed by atoms with E-state index in [1.807, 2.05) is 18.4 Å². The van der Waals surface area contributed by atoms with E-state index in [4.69, 9.17) is 4.74 Å². The average molecular weight is 228 g/mol. The molecular weight excluding hydrogens is 219 g/mol. The molecule has 0 fully saturated rings. The molecule has 74 valence electrons. The molecule has 2 aromatic rings. The maximum Gasteiger partial charge on any atom is 0.211 e. The fraction of sp³-hybridized carbons (Fsp3) is 0.200. The zero-order valence-corrected chi connectivity index (χ0v) is 9.47. The maximum absolute atomic E-state index is 13.6. The number of fused-ring (bicyclic) bond motifs is 1. The predicted molar refractivity (Wildman–Crippen MR) is 60.1 cm³/mol. The van der Waals surface area contributed by atoms with Crippen LogP contribution >= 0.6 is 23.1 Å². The smallest absolute Gasteiger partial charge is 0.211 e. The van der Waals surface area contributed by atoms with Gasteiger partial charge in [-0.05, 0) is 12.3 Å². The Morgan fingerprint density at radius 1 is 1.43 bits per heavy atom. The Bertz CT molecular complexity index is 464. The number of methoxy groups -OCH3 is 1. The molecule has 0 aliphatic rings. The van der Waals surface area contributed by atoms with Crippen LogP contribution in [0.15, 0.2) is 23.1 Å². The van der Waals surface area contributed by atoms with Crippen LogP contribution < -0.4 is 4.74 Å². The number of ether oxygens (including phenoxy) is 1. The van der Waals surface area contributed by atoms with Crippen LogP contribution in [0.4, 0.5) is 4.39 Å². The van der Waals surface area contributed by atoms with Gasteiger partial charge >= 0.3 is 0 Å². The molecule has 4 heteroatoms. The fourth-order valence-electron chi connectivity index (χ4n) is 1.33. The van der Waals surface area contributed by atoms with Gasteiger partial charge in [0.1, 0.15) is 0 Å². The highest BCUT2D eigenvalue weighted by molar-refractivity contribution is 7.99. The Labute approximate surface area is 89.9 Å². The summed E-state index contributed by atoms with van der Waals surface area (Å²) in [6.45, 7) is 0. The number of thiophene rings is 1. The molecule has 1 nitrogen and oxygen atoms in total. The second kappa shape index (κ2) is 3.79. The number of rotatable bonds is 2. The van der Waals surface area contributed by atoms with Crippen molar-refractivity contribution in [2.75, 3.05) is 13.4 Å². The fourth-order valence-corrected chi connectivity index (χ4v) is 3.12. The molecule has 0 saturated heterocycles. The van der Waals surface area contributed by atoms with E-state index in [0.29, 0.717) is 10.4 Å². The molecule has 0 unspecified atom stereocenters. The van der Waals surface area contributed by atoms with Crippen LogP contribution in [-0.4, -0.2) is 13.4 Å². The summed E-state index contributed by atoms with van der Waals surface area (Å²) in [5, 5.41) is 1.01. The Balaban J connectivity index is 2.77. The van der Waals surface area contributed by atoms with Crippen LogP contribution in [0.5, 0.6) is 5.06 Å². The molecule has 0 saturated carbocycles. The molecule has 0 radical (unpaired) electrons. The van der Waals surface area contributed by atoms with E-state index in [0.717, 1.165) is 9.60 Å². The summed E-state index contributed by atoms with van der Waals surface area (Å²) in [6, 6.07) is 5.63. The van der Waals surface area contributed by atoms with Crippen molar-refractivity contribution < 1.29 is 9.13 Å². The summed E-state index contributed by atoms with van der Waals surface area (Å²) in [6.07, 6.45) is 1.98. The van der Waals surface area contributed by atoms with Crippen molar-refractivity contribution in [1.82, 2.24) is 0 Å². The third-order valence-corrected chi connectivity index (χ3v) is 4.08. The van der Waals surface area contributed by atoms with Gasteiger partial charge < -0.3 is 4.74 Å². The molecule has 0 bridgehead atoms. The van der Waals surface area contributed by atoms with Crippen LogP contribution in [0, 0.1) is 5.82 Å². The van der Waals surface area contributed by atoms with Gasteiger partial charge in [-0.2, -0.15) is 0 Å². The molecule has 0 aliphatic heterocycles. The third kappa shape index (κ3) is 1.38. The average Bonchev–Trinajstić information content (AvgIpc) is 2.55. The Hall–Kier alpha value is -0.740. The van der Waals surface area contributed by atoms with Gasteiger partial charge in [-0.1, -0.05) is 23.5 Å². The number of hydrogen-bond acceptors (Lipinski definition) is 3. The molecule has 0 atom stereocenters. The first-order valence-corrected chi connectivity index (χ1v) is 6.11. The largest absolute Gasteiger partial charge is 0.485 e. The topological polar surface area (TPSA) is 9.23 Å². The molecule has 2 rings (SSSR count). The molecular formula is C10H9FOS2. The lowest BCUT2D eigenvalue weighted by molar-refractivity contribution is 0.402. The highest BCUT2D eigenvalue weighted by Gasteiger charge is 2.14. The molecule has 14 heavy (non-hydrogen) atoms. The van der Waals surface area contributed by atoms with Gasteiger partial charge in [0.25, 0.3) is 0 Å². The lowest BCUT2D eigenvalue weighted by atomic mass is 10.2. The number of halogens is 1. The number of hydrogen-bond donors (Lipinski definition) is 0. The third-order valence-electron chi connectivity index (χ3n) is 1.99. The van der Waals surface area contributed by atoms with Crippen molar-refractivity contribution in [3.63, 3.8) is 0 Å². The number of benzene rings is 1. The van der Waals surface area contributed by atoms with Gasteiger partial charge in [-0.25, -0.2) is 4.39 Å². The minimum Gasteiger partial charge on any atom is -0.485 e. The molecule has 1 aromatic carbocycles. The summed E-state index contributed by atoms with van der Waals surface area (Å²) in [4.78, 5) is 1.09. The summed E-state index contributed by atoms with van der Waals surface area (Å²) in [7, 11) is 1.49. The van der Waals surface area contributed by atoms with Gasteiger partial charge in [-0.3, -0.25) is 0 Å². The zero-order valence-electron chi connectivity index (χ0n) is 7.83. The minimum atomic E-state index is -0.247. The van der Waals surface area contributed by atoms with Crippen LogP contribution in [0.25, 0.3) is 10.1 Å². The van der Waals surface area contributed by atoms with E-state index < -0.39 is 0 Å². The lowest BCUT2D eigenvalue weighted by Crippen LogP contribution is -1.80. The molecule has 0 N–H and O–H groups in total. The van der Waals surface area contributed by atoms with Crippen molar-refractivity contribution in [3.8, 4) is 5.06 Å². The Kier molecular flexibility index (Phi) is 2.65. The normalized spacial score (nSPS) is 10.8. The minimum absolute atomic E-state index is 0.247. The van der Waals surface area contributed by atoms with E-state index in [1.54, 1.807) is 17.8 Å². The monoisotopic (exact) mass is 228 g/mol. The van der Waals surface area contributed by atoms with Gasteiger partial charge in [-0.15, -0.1) is 11.8 Å². The lowest BCUT2D eigenvalue weighted by Gasteiger charge is -1.95. The first-order chi connectivity index (χ1) is 6.77. The second-order valence-corrected chi connectivity index (χ2v) is 4.58. The van der Waals surface area contributed by atoms with Crippen molar-refractivity contribution >= 4 is 33.2 Å². The molecule has 0 spiro atoms. The highest BCUT2D eigenvalue weighted by Crippen LogP contribution is 2.40. The highest BCUT2D eigenvalue weighted by atomic mass is 32.2. The van der Waals surface area contributed by atoms with Gasteiger partial charge in [0, 0.05) is 10.3 Å². The second-order valence-electron chi connectivity index (χ2n) is 2.74. The van der Waals surface area contributed by atoms with Gasteiger partial charge in [0.2, 0.25) is 5.06 Å². The molecule has 1 aromatic heterocycles. The van der Waals surface area contributed by atoms with Crippen LogP contribution in [-0.2, 0) is 0 Å². The van der Waals surface area contributed by atoms with Gasteiger partial charge in [0.05, 0.1) is 11.8 Å². The van der Waals surface area contributed by atoms with E-state index >= 15 is 0 Å². The van der Waals surface area contributed by atoms with Crippen LogP contribution in [0.3, 0.4) is 0 Å². The Morgan fingerprint density at radius 3 is 2.86 bits per heavy atom. The maximum atomic E-state index is 13.6. The predicted octanol–water partition coefficient (Wildman–Crippen LogP) is 3.77. The molecule has 0 amide bonds. The van der Waals surface area contributed by atoms with Crippen molar-refractivity contribution in [2.24, 2.45) is 0 Å². The standard InChI is InChI=1S/C10H9FOS2/c1-12-10-8(11)6-4-3-5-7(13-2)9(6)14-10/h3-5H,1-2H3. The summed E-state index contributed by atoms with van der Waals surface area (Å²) < 4.78 is 19.6. The van der Waals surface area contributed by atoms with E-state index in [1.165, 1.54) is 18.4 Å². The summed E-state index contributed by atoms with van der Waals surface area (Å²) in [5.41, 5.74) is 0. The van der Waals surface area contributed by atoms with Crippen LogP contribution in [0.1, 0.15) is 0 Å². The van der Waals surface area contributed by atoms with Crippen LogP contribution in [0.2, 0.25) is 0 Å². The quantitative estimate of drug-likeness (QED) is 0.724. The van der Waals surface area contributed by atoms with E-state index in [-0.39, 0.29) is 5.82 Å². The number of thioether (sulfide) groups is 1. The SMILES string of the molecule is COc1sc2c(SC)cccc2c1F. The van der Waals surface area contributed by atoms with Gasteiger partial charge in [0.15, 0.2) is 5.82 Å². The zero-order chi connectivity index (χ0) is 10.1. The molecule has 1 heterocycles. The first-order valence-electron chi connectivity index (χ1n) is 4.07. The van der Waals surface area contributed by atoms with Crippen molar-refractivity contribution in [2.45, 2.75) is 4.90 Å². The summed E-state index contributed by atoms with van der Waals surface area (Å²) in [5.74, 6) is -0.247. The Morgan fingerprint density at radius 2 is 2.21 bits per heavy atom. The van der Waals surface area contributed by atoms with Crippen molar-refractivity contribution in [1.29, 1.82) is 0 Å². The van der Waals surface area contributed by atoms with E-state index in [2.05, 4.69) is 0 Å². The van der Waals surface area contributed by atoms with E-state index in [9.17, 15) is 4.39 Å². The first kappa shape index (κ1) is 9.80.